The zero-order chi connectivity index (χ0) is 7.82. The van der Waals surface area contributed by atoms with Gasteiger partial charge in [0.1, 0.15) is 0 Å². The molecule has 0 aliphatic heterocycles. The number of hydrogen-bond donors (Lipinski definition) is 1. The Morgan fingerprint density at radius 2 is 2.20 bits per heavy atom. The molecule has 0 atom stereocenters. The van der Waals surface area contributed by atoms with Crippen molar-refractivity contribution >= 4 is 0 Å². The summed E-state index contributed by atoms with van der Waals surface area (Å²) in [4.78, 5) is 0. The highest BCUT2D eigenvalue weighted by atomic mass is 14.9. The van der Waals surface area contributed by atoms with Gasteiger partial charge in [-0.15, -0.1) is 0 Å². The Morgan fingerprint density at radius 3 is 2.70 bits per heavy atom. The molecule has 0 saturated heterocycles. The zero-order valence-corrected chi connectivity index (χ0v) is 6.82. The van der Waals surface area contributed by atoms with E-state index in [-0.39, 0.29) is 0 Å². The van der Waals surface area contributed by atoms with Crippen molar-refractivity contribution in [1.29, 1.82) is 0 Å². The van der Waals surface area contributed by atoms with E-state index in [2.05, 4.69) is 25.4 Å². The fraction of sp³-hybridized carbons (Fsp3) is 0.556. The van der Waals surface area contributed by atoms with Gasteiger partial charge in [0.15, 0.2) is 0 Å². The highest BCUT2D eigenvalue weighted by Gasteiger charge is 1.85. The van der Waals surface area contributed by atoms with Crippen LogP contribution in [-0.2, 0) is 0 Å². The Bertz CT molecular complexity index is 105. The summed E-state index contributed by atoms with van der Waals surface area (Å²) in [5.41, 5.74) is 0.927. The van der Waals surface area contributed by atoms with Crippen molar-refractivity contribution in [3.05, 3.63) is 24.9 Å². The van der Waals surface area contributed by atoms with Crippen molar-refractivity contribution in [2.75, 3.05) is 6.54 Å². The summed E-state index contributed by atoms with van der Waals surface area (Å²) in [7, 11) is 0. The standard InChI is InChI=1S/C9H17N/c1-4-6-7-8-10-9(3)5-2/h5,10H,2-4,6-8H2,1H3. The second-order valence-electron chi connectivity index (χ2n) is 2.36. The van der Waals surface area contributed by atoms with Gasteiger partial charge < -0.3 is 5.32 Å². The van der Waals surface area contributed by atoms with Gasteiger partial charge >= 0.3 is 0 Å². The van der Waals surface area contributed by atoms with Crippen LogP contribution in [0.25, 0.3) is 0 Å². The molecule has 0 aliphatic carbocycles. The largest absolute Gasteiger partial charge is 0.386 e. The molecule has 0 radical (unpaired) electrons. The molecule has 0 aromatic rings. The molecule has 0 spiro atoms. The topological polar surface area (TPSA) is 12.0 Å². The molecule has 0 fully saturated rings. The smallest absolute Gasteiger partial charge is 0.0261 e. The molecule has 1 heteroatoms. The second-order valence-corrected chi connectivity index (χ2v) is 2.36. The van der Waals surface area contributed by atoms with Gasteiger partial charge in [-0.1, -0.05) is 32.9 Å². The van der Waals surface area contributed by atoms with Gasteiger partial charge in [0.2, 0.25) is 0 Å². The number of hydrogen-bond acceptors (Lipinski definition) is 1. The van der Waals surface area contributed by atoms with Crippen LogP contribution in [0.1, 0.15) is 26.2 Å². The molecule has 58 valence electrons. The minimum absolute atomic E-state index is 0.927. The van der Waals surface area contributed by atoms with E-state index in [0.717, 1.165) is 12.2 Å². The zero-order valence-electron chi connectivity index (χ0n) is 6.82. The molecule has 0 bridgehead atoms. The van der Waals surface area contributed by atoms with E-state index in [1.165, 1.54) is 19.3 Å². The van der Waals surface area contributed by atoms with Gasteiger partial charge in [0.25, 0.3) is 0 Å². The summed E-state index contributed by atoms with van der Waals surface area (Å²) in [6, 6.07) is 0. The molecule has 0 amide bonds. The molecule has 0 aromatic carbocycles. The van der Waals surface area contributed by atoms with E-state index < -0.39 is 0 Å². The Labute approximate surface area is 63.8 Å². The molecule has 0 saturated carbocycles. The monoisotopic (exact) mass is 139 g/mol. The Balaban J connectivity index is 3.03. The van der Waals surface area contributed by atoms with Gasteiger partial charge in [0, 0.05) is 12.2 Å². The summed E-state index contributed by atoms with van der Waals surface area (Å²) in [6.45, 7) is 10.6. The SMILES string of the molecule is C=CC(=C)NCCCCC. The van der Waals surface area contributed by atoms with Crippen LogP contribution in [0, 0.1) is 0 Å². The van der Waals surface area contributed by atoms with Crippen LogP contribution in [0.2, 0.25) is 0 Å². The van der Waals surface area contributed by atoms with Gasteiger partial charge in [0.05, 0.1) is 0 Å². The van der Waals surface area contributed by atoms with Gasteiger partial charge in [-0.25, -0.2) is 0 Å². The van der Waals surface area contributed by atoms with Crippen molar-refractivity contribution < 1.29 is 0 Å². The molecule has 0 unspecified atom stereocenters. The first kappa shape index (κ1) is 9.28. The highest BCUT2D eigenvalue weighted by molar-refractivity contribution is 5.07. The Kier molecular flexibility index (Phi) is 5.94. The fourth-order valence-electron chi connectivity index (χ4n) is 0.696. The van der Waals surface area contributed by atoms with E-state index in [0.29, 0.717) is 0 Å². The summed E-state index contributed by atoms with van der Waals surface area (Å²) in [5, 5.41) is 3.15. The summed E-state index contributed by atoms with van der Waals surface area (Å²) < 4.78 is 0. The molecule has 0 rings (SSSR count). The van der Waals surface area contributed by atoms with Crippen LogP contribution in [0.5, 0.6) is 0 Å². The summed E-state index contributed by atoms with van der Waals surface area (Å²) in [5.74, 6) is 0. The van der Waals surface area contributed by atoms with Gasteiger partial charge in [-0.05, 0) is 12.5 Å². The van der Waals surface area contributed by atoms with E-state index >= 15 is 0 Å². The molecule has 10 heavy (non-hydrogen) atoms. The average Bonchev–Trinajstić information content (AvgIpc) is 1.98. The predicted molar refractivity (Wildman–Crippen MR) is 46.9 cm³/mol. The molecule has 1 N–H and O–H groups in total. The number of unbranched alkanes of at least 4 members (excludes halogenated alkanes) is 2. The Hall–Kier alpha value is -0.720. The maximum Gasteiger partial charge on any atom is 0.0261 e. The van der Waals surface area contributed by atoms with E-state index in [9.17, 15) is 0 Å². The normalized spacial score (nSPS) is 8.90. The van der Waals surface area contributed by atoms with Gasteiger partial charge in [-0.2, -0.15) is 0 Å². The van der Waals surface area contributed by atoms with Crippen LogP contribution in [0.4, 0.5) is 0 Å². The number of nitrogens with one attached hydrogen (secondary N) is 1. The molecule has 0 aliphatic rings. The quantitative estimate of drug-likeness (QED) is 0.440. The van der Waals surface area contributed by atoms with Crippen molar-refractivity contribution in [1.82, 2.24) is 5.32 Å². The summed E-state index contributed by atoms with van der Waals surface area (Å²) >= 11 is 0. The van der Waals surface area contributed by atoms with Crippen molar-refractivity contribution in [2.24, 2.45) is 0 Å². The lowest BCUT2D eigenvalue weighted by molar-refractivity contribution is 0.674. The lowest BCUT2D eigenvalue weighted by Gasteiger charge is -2.03. The van der Waals surface area contributed by atoms with Crippen molar-refractivity contribution in [2.45, 2.75) is 26.2 Å². The van der Waals surface area contributed by atoms with Gasteiger partial charge in [-0.3, -0.25) is 0 Å². The van der Waals surface area contributed by atoms with E-state index in [1.807, 2.05) is 0 Å². The molecular weight excluding hydrogens is 122 g/mol. The molecule has 0 heterocycles. The molecule has 1 nitrogen and oxygen atoms in total. The van der Waals surface area contributed by atoms with Crippen molar-refractivity contribution in [3.63, 3.8) is 0 Å². The number of rotatable bonds is 6. The average molecular weight is 139 g/mol. The highest BCUT2D eigenvalue weighted by Crippen LogP contribution is 1.92. The minimum Gasteiger partial charge on any atom is -0.386 e. The number of allylic oxidation sites excluding steroid dienone is 1. The maximum atomic E-state index is 3.74. The first-order valence-corrected chi connectivity index (χ1v) is 3.86. The van der Waals surface area contributed by atoms with Crippen LogP contribution in [-0.4, -0.2) is 6.54 Å². The first-order chi connectivity index (χ1) is 4.81. The van der Waals surface area contributed by atoms with Crippen LogP contribution in [0.3, 0.4) is 0 Å². The lowest BCUT2D eigenvalue weighted by atomic mass is 10.2. The molecule has 0 aromatic heterocycles. The minimum atomic E-state index is 0.927. The first-order valence-electron chi connectivity index (χ1n) is 3.86. The van der Waals surface area contributed by atoms with Crippen LogP contribution >= 0.6 is 0 Å². The maximum absolute atomic E-state index is 3.74. The van der Waals surface area contributed by atoms with Crippen LogP contribution in [0.15, 0.2) is 24.9 Å². The lowest BCUT2D eigenvalue weighted by Crippen LogP contribution is -2.11. The summed E-state index contributed by atoms with van der Waals surface area (Å²) in [6.07, 6.45) is 5.52. The van der Waals surface area contributed by atoms with Crippen LogP contribution < -0.4 is 5.32 Å². The van der Waals surface area contributed by atoms with E-state index in [1.54, 1.807) is 6.08 Å². The predicted octanol–water partition coefficient (Wildman–Crippen LogP) is 2.47. The molecular formula is C9H17N. The van der Waals surface area contributed by atoms with Crippen molar-refractivity contribution in [3.8, 4) is 0 Å². The third-order valence-corrected chi connectivity index (χ3v) is 1.38. The third-order valence-electron chi connectivity index (χ3n) is 1.38. The third kappa shape index (κ3) is 5.42. The second kappa shape index (κ2) is 6.40. The Morgan fingerprint density at radius 1 is 1.50 bits per heavy atom. The van der Waals surface area contributed by atoms with E-state index in [4.69, 9.17) is 0 Å². The fourth-order valence-corrected chi connectivity index (χ4v) is 0.696.